The smallest absolute Gasteiger partial charge is 0.206 e. The first-order chi connectivity index (χ1) is 14.1. The van der Waals surface area contributed by atoms with E-state index in [0.29, 0.717) is 12.8 Å². The third-order valence-electron chi connectivity index (χ3n) is 4.12. The summed E-state index contributed by atoms with van der Waals surface area (Å²) in [6.07, 6.45) is 1.22. The molecule has 0 saturated carbocycles. The van der Waals surface area contributed by atoms with Gasteiger partial charge in [0, 0.05) is 35.0 Å². The monoisotopic (exact) mass is 488 g/mol. The van der Waals surface area contributed by atoms with Gasteiger partial charge in [-0.2, -0.15) is 0 Å². The van der Waals surface area contributed by atoms with E-state index in [4.69, 9.17) is 0 Å². The van der Waals surface area contributed by atoms with Gasteiger partial charge in [0.2, 0.25) is 0 Å². The number of hydrogen-bond donors (Lipinski definition) is 0. The molecule has 0 fully saturated rings. The zero-order valence-corrected chi connectivity index (χ0v) is 20.9. The molecule has 2 aromatic carbocycles. The van der Waals surface area contributed by atoms with Crippen LogP contribution >= 0.6 is 22.0 Å². The van der Waals surface area contributed by atoms with E-state index in [-0.39, 0.29) is 22.9 Å². The van der Waals surface area contributed by atoms with Crippen molar-refractivity contribution in [1.29, 1.82) is 0 Å². The normalized spacial score (nSPS) is 12.6. The molecule has 0 N–H and O–H groups in total. The maximum absolute atomic E-state index is 13.1. The van der Waals surface area contributed by atoms with Gasteiger partial charge in [0.25, 0.3) is 20.0 Å². The highest BCUT2D eigenvalue weighted by Gasteiger charge is 2.30. The third kappa shape index (κ3) is 6.24. The van der Waals surface area contributed by atoms with Crippen LogP contribution in [0.2, 0.25) is 0 Å². The van der Waals surface area contributed by atoms with Gasteiger partial charge >= 0.3 is 0 Å². The van der Waals surface area contributed by atoms with E-state index in [1.807, 2.05) is 39.8 Å². The molecule has 0 bridgehead atoms. The van der Waals surface area contributed by atoms with Crippen LogP contribution in [0, 0.1) is 13.8 Å². The molecule has 0 aliphatic heterocycles. The van der Waals surface area contributed by atoms with Gasteiger partial charge in [-0.05, 0) is 62.1 Å². The topological polar surface area (TPSA) is 74.8 Å². The number of aryl methyl sites for hydroxylation is 2. The van der Waals surface area contributed by atoms with E-state index >= 15 is 0 Å². The summed E-state index contributed by atoms with van der Waals surface area (Å²) < 4.78 is 55.1. The molecule has 0 aliphatic rings. The van der Waals surface area contributed by atoms with Crippen molar-refractivity contribution in [2.75, 3.05) is 13.1 Å². The fraction of sp³-hybridized carbons (Fsp3) is 0.400. The molecule has 2 aromatic rings. The van der Waals surface area contributed by atoms with Crippen LogP contribution < -0.4 is 0 Å². The molecule has 2 rings (SSSR count). The van der Waals surface area contributed by atoms with Crippen molar-refractivity contribution in [3.8, 4) is 0 Å². The molecule has 0 aromatic heterocycles. The van der Waals surface area contributed by atoms with Gasteiger partial charge < -0.3 is 0 Å². The first kappa shape index (κ1) is 25.2. The van der Waals surface area contributed by atoms with Crippen molar-refractivity contribution in [2.24, 2.45) is 0 Å². The molecule has 0 aliphatic carbocycles. The Morgan fingerprint density at radius 2 is 1.07 bits per heavy atom. The van der Waals surface area contributed by atoms with Crippen LogP contribution in [-0.2, 0) is 20.0 Å². The van der Waals surface area contributed by atoms with Gasteiger partial charge in [0.1, 0.15) is 0 Å². The molecule has 0 amide bonds. The van der Waals surface area contributed by atoms with Crippen molar-refractivity contribution in [2.45, 2.75) is 50.3 Å². The number of benzene rings is 2. The Balaban J connectivity index is 2.29. The predicted molar refractivity (Wildman–Crippen MR) is 126 cm³/mol. The highest BCUT2D eigenvalue weighted by atomic mass is 33.1. The standard InChI is InChI=1S/C20H28N2O4S4/c1-5-13-21(29(23,24)19-11-7-9-17(3)15-19)27-28-22(14-6-2)30(25,26)20-12-8-10-18(4)16-20/h7-12,15-16H,5-6,13-14H2,1-4H3. The second-order valence-corrected chi connectivity index (χ2v) is 13.1. The number of hydrogen-bond acceptors (Lipinski definition) is 6. The molecular formula is C20H28N2O4S4. The predicted octanol–water partition coefficient (Wildman–Crippen LogP) is 5.02. The minimum absolute atomic E-state index is 0.202. The molecule has 166 valence electrons. The van der Waals surface area contributed by atoms with Crippen LogP contribution in [0.1, 0.15) is 37.8 Å². The quantitative estimate of drug-likeness (QED) is 0.327. The Hall–Kier alpha value is -1.04. The highest BCUT2D eigenvalue weighted by molar-refractivity contribution is 8.76. The summed E-state index contributed by atoms with van der Waals surface area (Å²) in [4.78, 5) is 0.403. The largest absolute Gasteiger partial charge is 0.253 e. The average molecular weight is 489 g/mol. The minimum Gasteiger partial charge on any atom is -0.206 e. The highest BCUT2D eigenvalue weighted by Crippen LogP contribution is 2.38. The van der Waals surface area contributed by atoms with Crippen LogP contribution in [0.4, 0.5) is 0 Å². The van der Waals surface area contributed by atoms with Gasteiger partial charge in [-0.1, -0.05) is 38.1 Å². The first-order valence-electron chi connectivity index (χ1n) is 9.66. The molecule has 30 heavy (non-hydrogen) atoms. The Morgan fingerprint density at radius 3 is 1.37 bits per heavy atom. The maximum Gasteiger partial charge on any atom is 0.253 e. The van der Waals surface area contributed by atoms with E-state index in [1.165, 1.54) is 7.42 Å². The van der Waals surface area contributed by atoms with E-state index in [1.54, 1.807) is 36.4 Å². The Bertz CT molecular complexity index is 970. The lowest BCUT2D eigenvalue weighted by molar-refractivity contribution is 0.536. The molecule has 0 spiro atoms. The zero-order chi connectivity index (χ0) is 22.4. The first-order valence-corrected chi connectivity index (χ1v) is 14.6. The molecule has 0 heterocycles. The third-order valence-corrected chi connectivity index (χ3v) is 11.5. The molecule has 10 heteroatoms. The van der Waals surface area contributed by atoms with Gasteiger partial charge in [-0.15, -0.1) is 7.42 Å². The lowest BCUT2D eigenvalue weighted by Crippen LogP contribution is -2.28. The number of nitrogens with zero attached hydrogens (tertiary/aromatic N) is 2. The van der Waals surface area contributed by atoms with Crippen LogP contribution in [0.5, 0.6) is 0 Å². The fourth-order valence-corrected chi connectivity index (χ4v) is 9.75. The van der Waals surface area contributed by atoms with Gasteiger partial charge in [0.05, 0.1) is 9.79 Å². The van der Waals surface area contributed by atoms with Crippen molar-refractivity contribution in [3.63, 3.8) is 0 Å². The van der Waals surface area contributed by atoms with E-state index in [2.05, 4.69) is 0 Å². The Morgan fingerprint density at radius 1 is 0.700 bits per heavy atom. The molecule has 0 atom stereocenters. The van der Waals surface area contributed by atoms with Crippen LogP contribution in [0.15, 0.2) is 58.3 Å². The second kappa shape index (κ2) is 11.0. The van der Waals surface area contributed by atoms with Crippen molar-refractivity contribution >= 4 is 42.0 Å². The fourth-order valence-electron chi connectivity index (χ4n) is 2.62. The molecule has 0 unspecified atom stereocenters. The lowest BCUT2D eigenvalue weighted by atomic mass is 10.2. The molecular weight excluding hydrogens is 460 g/mol. The summed E-state index contributed by atoms with van der Waals surface area (Å²) in [6.45, 7) is 8.00. The van der Waals surface area contributed by atoms with E-state index in [0.717, 1.165) is 33.1 Å². The number of rotatable bonds is 11. The summed E-state index contributed by atoms with van der Waals surface area (Å²) in [5.74, 6) is 0. The molecule has 0 saturated heterocycles. The summed E-state index contributed by atoms with van der Waals surface area (Å²) in [6, 6.07) is 13.4. The number of sulfonamides is 2. The average Bonchev–Trinajstić information content (AvgIpc) is 2.69. The summed E-state index contributed by atoms with van der Waals surface area (Å²) in [5.41, 5.74) is 1.69. The van der Waals surface area contributed by atoms with Crippen molar-refractivity contribution < 1.29 is 16.8 Å². The van der Waals surface area contributed by atoms with Gasteiger partial charge in [0.15, 0.2) is 0 Å². The summed E-state index contributed by atoms with van der Waals surface area (Å²) >= 11 is 0. The van der Waals surface area contributed by atoms with Crippen LogP contribution in [0.25, 0.3) is 0 Å². The Labute approximate surface area is 188 Å². The van der Waals surface area contributed by atoms with Crippen molar-refractivity contribution in [3.05, 3.63) is 59.7 Å². The maximum atomic E-state index is 13.1. The summed E-state index contributed by atoms with van der Waals surface area (Å²) in [7, 11) is -5.65. The second-order valence-electron chi connectivity index (χ2n) is 6.84. The SMILES string of the molecule is CCCN(SSN(CCC)S(=O)(=O)c1cccc(C)c1)S(=O)(=O)c1cccc(C)c1. The Kier molecular flexibility index (Phi) is 9.26. The summed E-state index contributed by atoms with van der Waals surface area (Å²) in [5, 5.41) is 0. The molecule has 6 nitrogen and oxygen atoms in total. The van der Waals surface area contributed by atoms with E-state index < -0.39 is 20.0 Å². The van der Waals surface area contributed by atoms with Crippen LogP contribution in [0.3, 0.4) is 0 Å². The minimum atomic E-state index is -3.76. The van der Waals surface area contributed by atoms with E-state index in [9.17, 15) is 16.8 Å². The zero-order valence-electron chi connectivity index (χ0n) is 17.6. The van der Waals surface area contributed by atoms with Gasteiger partial charge in [-0.3, -0.25) is 0 Å². The molecule has 0 radical (unpaired) electrons. The van der Waals surface area contributed by atoms with Gasteiger partial charge in [-0.25, -0.2) is 16.8 Å². The lowest BCUT2D eigenvalue weighted by Gasteiger charge is -2.24. The van der Waals surface area contributed by atoms with Crippen molar-refractivity contribution in [1.82, 2.24) is 7.42 Å². The van der Waals surface area contributed by atoms with Crippen LogP contribution in [-0.4, -0.2) is 37.3 Å².